The number of halogens is 1. The fraction of sp³-hybridized carbons (Fsp3) is 0.368. The predicted octanol–water partition coefficient (Wildman–Crippen LogP) is 3.97. The minimum atomic E-state index is -0.477. The lowest BCUT2D eigenvalue weighted by Crippen LogP contribution is -2.40. The molecule has 1 amide bonds. The van der Waals surface area contributed by atoms with Gasteiger partial charge in [-0.25, -0.2) is 0 Å². The number of aromatic nitrogens is 1. The highest BCUT2D eigenvalue weighted by molar-refractivity contribution is 6.31. The lowest BCUT2D eigenvalue weighted by atomic mass is 9.87. The topological polar surface area (TPSA) is 59.2 Å². The van der Waals surface area contributed by atoms with E-state index in [1.54, 1.807) is 12.3 Å². The van der Waals surface area contributed by atoms with Crippen LogP contribution in [0.15, 0.2) is 30.6 Å². The van der Waals surface area contributed by atoms with Crippen LogP contribution >= 0.6 is 11.6 Å². The van der Waals surface area contributed by atoms with Crippen LogP contribution < -0.4 is 10.6 Å². The van der Waals surface area contributed by atoms with Gasteiger partial charge in [0.05, 0.1) is 17.4 Å². The number of carbonyl (C=O) groups is 1. The molecule has 4 nitrogen and oxygen atoms in total. The van der Waals surface area contributed by atoms with Gasteiger partial charge in [0.1, 0.15) is 0 Å². The van der Waals surface area contributed by atoms with Gasteiger partial charge in [0.25, 0.3) is 5.91 Å². The summed E-state index contributed by atoms with van der Waals surface area (Å²) < 4.78 is 0. The molecule has 1 atom stereocenters. The van der Waals surface area contributed by atoms with Crippen LogP contribution in [0.2, 0.25) is 5.02 Å². The highest BCUT2D eigenvalue weighted by Gasteiger charge is 2.45. The molecule has 1 aromatic heterocycles. The van der Waals surface area contributed by atoms with Gasteiger partial charge in [-0.2, -0.15) is 0 Å². The summed E-state index contributed by atoms with van der Waals surface area (Å²) in [5.41, 5.74) is 10.6. The zero-order valence-corrected chi connectivity index (χ0v) is 14.6. The fourth-order valence-electron chi connectivity index (χ4n) is 4.05. The molecule has 1 unspecified atom stereocenters. The highest BCUT2D eigenvalue weighted by atomic mass is 35.5. The summed E-state index contributed by atoms with van der Waals surface area (Å²) in [5.74, 6) is 0.000937. The molecule has 5 heteroatoms. The average molecular weight is 342 g/mol. The maximum Gasteiger partial charge on any atom is 0.259 e. The maximum absolute atomic E-state index is 13.1. The third kappa shape index (κ3) is 2.10. The number of pyridine rings is 1. The Morgan fingerprint density at radius 1 is 1.33 bits per heavy atom. The van der Waals surface area contributed by atoms with E-state index >= 15 is 0 Å². The molecule has 124 valence electrons. The van der Waals surface area contributed by atoms with Gasteiger partial charge in [-0.15, -0.1) is 0 Å². The summed E-state index contributed by atoms with van der Waals surface area (Å²) in [6.45, 7) is 4.10. The Labute approximate surface area is 146 Å². The molecule has 2 aromatic rings. The number of hydrogen-bond acceptors (Lipinski definition) is 3. The third-order valence-corrected chi connectivity index (χ3v) is 5.52. The van der Waals surface area contributed by atoms with E-state index in [0.717, 1.165) is 41.6 Å². The summed E-state index contributed by atoms with van der Waals surface area (Å²) in [6.07, 6.45) is 6.57. The van der Waals surface area contributed by atoms with Crippen molar-refractivity contribution in [3.8, 4) is 0 Å². The quantitative estimate of drug-likeness (QED) is 0.853. The van der Waals surface area contributed by atoms with Gasteiger partial charge in [-0.05, 0) is 68.0 Å². The molecule has 2 heterocycles. The first-order chi connectivity index (χ1) is 11.4. The van der Waals surface area contributed by atoms with Crippen LogP contribution in [-0.2, 0) is 12.0 Å². The largest absolute Gasteiger partial charge is 0.324 e. The van der Waals surface area contributed by atoms with Crippen LogP contribution in [0.4, 0.5) is 5.69 Å². The molecule has 1 aliphatic heterocycles. The van der Waals surface area contributed by atoms with Gasteiger partial charge in [0.2, 0.25) is 0 Å². The summed E-state index contributed by atoms with van der Waals surface area (Å²) in [4.78, 5) is 19.3. The second kappa shape index (κ2) is 5.30. The second-order valence-corrected chi connectivity index (χ2v) is 7.55. The number of carbonyl (C=O) groups excluding carboxylic acids is 1. The number of nitrogens with zero attached hydrogens (tertiary/aromatic N) is 2. The van der Waals surface area contributed by atoms with E-state index in [1.165, 1.54) is 0 Å². The van der Waals surface area contributed by atoms with Crippen molar-refractivity contribution in [2.75, 3.05) is 4.90 Å². The van der Waals surface area contributed by atoms with Crippen LogP contribution in [0.5, 0.6) is 0 Å². The lowest BCUT2D eigenvalue weighted by Gasteiger charge is -2.35. The van der Waals surface area contributed by atoms with Crippen LogP contribution in [0.1, 0.15) is 59.8 Å². The molecule has 0 bridgehead atoms. The van der Waals surface area contributed by atoms with Gasteiger partial charge in [0, 0.05) is 22.8 Å². The fourth-order valence-corrected chi connectivity index (χ4v) is 4.22. The summed E-state index contributed by atoms with van der Waals surface area (Å²) in [6, 6.07) is 5.48. The van der Waals surface area contributed by atoms with Crippen LogP contribution in [0.3, 0.4) is 0 Å². The first-order valence-electron chi connectivity index (χ1n) is 8.28. The molecule has 24 heavy (non-hydrogen) atoms. The van der Waals surface area contributed by atoms with Crippen molar-refractivity contribution in [3.05, 3.63) is 57.9 Å². The van der Waals surface area contributed by atoms with Crippen LogP contribution in [0, 0.1) is 0 Å². The van der Waals surface area contributed by atoms with E-state index in [4.69, 9.17) is 17.3 Å². The number of rotatable bonds is 1. The number of benzene rings is 1. The first kappa shape index (κ1) is 15.6. The third-order valence-electron chi connectivity index (χ3n) is 5.28. The monoisotopic (exact) mass is 341 g/mol. The Kier molecular flexibility index (Phi) is 3.44. The summed E-state index contributed by atoms with van der Waals surface area (Å²) >= 11 is 6.17. The molecule has 0 saturated carbocycles. The Morgan fingerprint density at radius 3 is 2.92 bits per heavy atom. The standard InChI is InChI=1S/C19H20ClN3O/c1-19(2)15-8-11(20)6-7-13(15)18(24)23(19)17-10-22-9-14-12(17)4-3-5-16(14)21/h6-10,16H,3-5,21H2,1-2H3. The Morgan fingerprint density at radius 2 is 2.12 bits per heavy atom. The normalized spacial score (nSPS) is 21.6. The predicted molar refractivity (Wildman–Crippen MR) is 95.4 cm³/mol. The molecule has 0 radical (unpaired) electrons. The smallest absolute Gasteiger partial charge is 0.259 e. The number of nitrogens with two attached hydrogens (primary N) is 1. The summed E-state index contributed by atoms with van der Waals surface area (Å²) in [5, 5.41) is 0.645. The number of anilines is 1. The molecule has 1 aromatic carbocycles. The van der Waals surface area contributed by atoms with E-state index in [9.17, 15) is 4.79 Å². The molecule has 2 N–H and O–H groups in total. The van der Waals surface area contributed by atoms with Crippen molar-refractivity contribution in [1.29, 1.82) is 0 Å². The molecule has 2 aliphatic rings. The molecular formula is C19H20ClN3O. The summed E-state index contributed by atoms with van der Waals surface area (Å²) in [7, 11) is 0. The maximum atomic E-state index is 13.1. The molecular weight excluding hydrogens is 322 g/mol. The second-order valence-electron chi connectivity index (χ2n) is 7.11. The number of hydrogen-bond donors (Lipinski definition) is 1. The van der Waals surface area contributed by atoms with Gasteiger partial charge in [0.15, 0.2) is 0 Å². The van der Waals surface area contributed by atoms with Crippen molar-refractivity contribution in [3.63, 3.8) is 0 Å². The Balaban J connectivity index is 1.90. The SMILES string of the molecule is CC1(C)c2cc(Cl)ccc2C(=O)N1c1cncc2c1CCCC2N. The lowest BCUT2D eigenvalue weighted by molar-refractivity contribution is 0.0981. The zero-order valence-electron chi connectivity index (χ0n) is 13.8. The van der Waals surface area contributed by atoms with Crippen molar-refractivity contribution >= 4 is 23.2 Å². The number of fused-ring (bicyclic) bond motifs is 2. The van der Waals surface area contributed by atoms with Crippen molar-refractivity contribution < 1.29 is 4.79 Å². The minimum Gasteiger partial charge on any atom is -0.324 e. The van der Waals surface area contributed by atoms with Gasteiger partial charge in [-0.1, -0.05) is 11.6 Å². The van der Waals surface area contributed by atoms with Crippen LogP contribution in [-0.4, -0.2) is 10.9 Å². The minimum absolute atomic E-state index is 0.000937. The van der Waals surface area contributed by atoms with Crippen molar-refractivity contribution in [1.82, 2.24) is 4.98 Å². The molecule has 0 spiro atoms. The van der Waals surface area contributed by atoms with E-state index < -0.39 is 5.54 Å². The molecule has 0 fully saturated rings. The van der Waals surface area contributed by atoms with Crippen LogP contribution in [0.25, 0.3) is 0 Å². The van der Waals surface area contributed by atoms with E-state index in [1.807, 2.05) is 23.2 Å². The Bertz CT molecular complexity index is 847. The van der Waals surface area contributed by atoms with E-state index in [-0.39, 0.29) is 11.9 Å². The Hall–Kier alpha value is -1.91. The van der Waals surface area contributed by atoms with Gasteiger partial charge < -0.3 is 5.73 Å². The first-order valence-corrected chi connectivity index (χ1v) is 8.66. The van der Waals surface area contributed by atoms with Gasteiger partial charge in [-0.3, -0.25) is 14.7 Å². The highest BCUT2D eigenvalue weighted by Crippen LogP contribution is 2.45. The van der Waals surface area contributed by atoms with Crippen molar-refractivity contribution in [2.24, 2.45) is 5.73 Å². The number of amides is 1. The molecule has 0 saturated heterocycles. The van der Waals surface area contributed by atoms with Crippen molar-refractivity contribution in [2.45, 2.75) is 44.7 Å². The molecule has 1 aliphatic carbocycles. The zero-order chi connectivity index (χ0) is 17.1. The molecule has 4 rings (SSSR count). The van der Waals surface area contributed by atoms with Gasteiger partial charge >= 0.3 is 0 Å². The average Bonchev–Trinajstić information content (AvgIpc) is 2.74. The van der Waals surface area contributed by atoms with E-state index in [2.05, 4.69) is 18.8 Å². The van der Waals surface area contributed by atoms with E-state index in [0.29, 0.717) is 10.6 Å².